The molecule has 1 aromatic carbocycles. The van der Waals surface area contributed by atoms with E-state index in [1.54, 1.807) is 7.11 Å². The van der Waals surface area contributed by atoms with Gasteiger partial charge in [-0.3, -0.25) is 4.79 Å². The highest BCUT2D eigenvalue weighted by atomic mass is 79.9. The molecule has 1 aliphatic heterocycles. The summed E-state index contributed by atoms with van der Waals surface area (Å²) in [6, 6.07) is 7.75. The highest BCUT2D eigenvalue weighted by Gasteiger charge is 2.20. The number of nitrogens with one attached hydrogen (secondary N) is 2. The zero-order valence-electron chi connectivity index (χ0n) is 10.4. The van der Waals surface area contributed by atoms with Gasteiger partial charge in [0.25, 0.3) is 5.91 Å². The SMILES string of the molecule is COc1ccc(-c2cc3c([nH]2)CCNC3=O)cc1Br. The molecule has 0 fully saturated rings. The number of methoxy groups -OCH3 is 1. The van der Waals surface area contributed by atoms with E-state index in [1.165, 1.54) is 0 Å². The Morgan fingerprint density at radius 2 is 2.16 bits per heavy atom. The van der Waals surface area contributed by atoms with Crippen LogP contribution in [0.4, 0.5) is 0 Å². The number of ether oxygens (including phenoxy) is 1. The molecule has 1 aliphatic rings. The number of rotatable bonds is 2. The maximum Gasteiger partial charge on any atom is 0.253 e. The monoisotopic (exact) mass is 320 g/mol. The number of benzene rings is 1. The van der Waals surface area contributed by atoms with Crippen molar-refractivity contribution in [3.63, 3.8) is 0 Å². The number of hydrogen-bond donors (Lipinski definition) is 2. The molecule has 0 bridgehead atoms. The lowest BCUT2D eigenvalue weighted by Gasteiger charge is -2.11. The molecule has 0 radical (unpaired) electrons. The summed E-state index contributed by atoms with van der Waals surface area (Å²) in [7, 11) is 1.64. The number of carbonyl (C=O) groups is 1. The van der Waals surface area contributed by atoms with E-state index < -0.39 is 0 Å². The lowest BCUT2D eigenvalue weighted by atomic mass is 10.1. The lowest BCUT2D eigenvalue weighted by molar-refractivity contribution is 0.0946. The van der Waals surface area contributed by atoms with Gasteiger partial charge in [-0.25, -0.2) is 0 Å². The second kappa shape index (κ2) is 4.74. The van der Waals surface area contributed by atoms with Crippen LogP contribution in [0.5, 0.6) is 5.75 Å². The van der Waals surface area contributed by atoms with Crippen molar-refractivity contribution in [3.05, 3.63) is 40.0 Å². The summed E-state index contributed by atoms with van der Waals surface area (Å²) < 4.78 is 6.11. The number of H-pyrrole nitrogens is 1. The van der Waals surface area contributed by atoms with Crippen LogP contribution in [-0.4, -0.2) is 24.5 Å². The third-order valence-corrected chi connectivity index (χ3v) is 3.89. The fourth-order valence-corrected chi connectivity index (χ4v) is 2.82. The summed E-state index contributed by atoms with van der Waals surface area (Å²) in [6.45, 7) is 0.693. The smallest absolute Gasteiger partial charge is 0.253 e. The predicted octanol–water partition coefficient (Wildman–Crippen LogP) is 2.74. The van der Waals surface area contributed by atoms with Gasteiger partial charge in [0.15, 0.2) is 0 Å². The van der Waals surface area contributed by atoms with E-state index in [1.807, 2.05) is 24.3 Å². The summed E-state index contributed by atoms with van der Waals surface area (Å²) >= 11 is 3.47. The number of carbonyl (C=O) groups excluding carboxylic acids is 1. The van der Waals surface area contributed by atoms with Crippen molar-refractivity contribution in [1.82, 2.24) is 10.3 Å². The maximum atomic E-state index is 11.7. The molecule has 0 atom stereocenters. The Morgan fingerprint density at radius 1 is 1.32 bits per heavy atom. The summed E-state index contributed by atoms with van der Waals surface area (Å²) in [5.74, 6) is 0.786. The van der Waals surface area contributed by atoms with Crippen LogP contribution in [0, 0.1) is 0 Å². The molecule has 0 unspecified atom stereocenters. The van der Waals surface area contributed by atoms with Crippen molar-refractivity contribution in [2.75, 3.05) is 13.7 Å². The van der Waals surface area contributed by atoms with Gasteiger partial charge in [-0.1, -0.05) is 0 Å². The molecule has 98 valence electrons. The number of fused-ring (bicyclic) bond motifs is 1. The number of halogens is 1. The van der Waals surface area contributed by atoms with Gasteiger partial charge in [0.05, 0.1) is 17.1 Å². The van der Waals surface area contributed by atoms with Gasteiger partial charge in [0.1, 0.15) is 5.75 Å². The second-order valence-electron chi connectivity index (χ2n) is 4.43. The first-order valence-corrected chi connectivity index (χ1v) is 6.82. The van der Waals surface area contributed by atoms with Crippen LogP contribution in [-0.2, 0) is 6.42 Å². The molecule has 0 spiro atoms. The molecule has 1 amide bonds. The van der Waals surface area contributed by atoms with E-state index in [0.29, 0.717) is 6.54 Å². The molecule has 2 aromatic rings. The Labute approximate surface area is 119 Å². The van der Waals surface area contributed by atoms with Crippen molar-refractivity contribution >= 4 is 21.8 Å². The minimum absolute atomic E-state index is 0.00340. The van der Waals surface area contributed by atoms with E-state index in [2.05, 4.69) is 26.2 Å². The topological polar surface area (TPSA) is 54.1 Å². The molecule has 2 heterocycles. The standard InChI is InChI=1S/C14H13BrN2O2/c1-19-13-3-2-8(6-10(13)15)12-7-9-11(17-12)4-5-16-14(9)18/h2-3,6-7,17H,4-5H2,1H3,(H,16,18). The van der Waals surface area contributed by atoms with Gasteiger partial charge < -0.3 is 15.0 Å². The van der Waals surface area contributed by atoms with E-state index in [9.17, 15) is 4.79 Å². The average Bonchev–Trinajstić information content (AvgIpc) is 2.84. The zero-order valence-corrected chi connectivity index (χ0v) is 12.0. The molecule has 19 heavy (non-hydrogen) atoms. The molecule has 1 aromatic heterocycles. The Morgan fingerprint density at radius 3 is 2.84 bits per heavy atom. The number of aromatic amines is 1. The van der Waals surface area contributed by atoms with E-state index >= 15 is 0 Å². The summed E-state index contributed by atoms with van der Waals surface area (Å²) in [5, 5.41) is 2.84. The number of amides is 1. The summed E-state index contributed by atoms with van der Waals surface area (Å²) in [4.78, 5) is 15.1. The zero-order chi connectivity index (χ0) is 13.4. The minimum atomic E-state index is -0.00340. The summed E-state index contributed by atoms with van der Waals surface area (Å²) in [5.41, 5.74) is 3.72. The minimum Gasteiger partial charge on any atom is -0.496 e. The average molecular weight is 321 g/mol. The van der Waals surface area contributed by atoms with Gasteiger partial charge in [0.2, 0.25) is 0 Å². The van der Waals surface area contributed by atoms with Crippen LogP contribution in [0.15, 0.2) is 28.7 Å². The first kappa shape index (κ1) is 12.3. The highest BCUT2D eigenvalue weighted by molar-refractivity contribution is 9.10. The van der Waals surface area contributed by atoms with E-state index in [0.717, 1.165) is 39.2 Å². The van der Waals surface area contributed by atoms with Crippen LogP contribution < -0.4 is 10.1 Å². The van der Waals surface area contributed by atoms with Crippen LogP contribution in [0.2, 0.25) is 0 Å². The Kier molecular flexibility index (Phi) is 3.06. The molecular weight excluding hydrogens is 308 g/mol. The van der Waals surface area contributed by atoms with Crippen LogP contribution in [0.25, 0.3) is 11.3 Å². The van der Waals surface area contributed by atoms with Gasteiger partial charge in [-0.15, -0.1) is 0 Å². The fraction of sp³-hybridized carbons (Fsp3) is 0.214. The Bertz CT molecular complexity index is 649. The second-order valence-corrected chi connectivity index (χ2v) is 5.28. The molecule has 2 N–H and O–H groups in total. The first-order chi connectivity index (χ1) is 9.19. The van der Waals surface area contributed by atoms with E-state index in [4.69, 9.17) is 4.74 Å². The Balaban J connectivity index is 2.03. The molecule has 4 nitrogen and oxygen atoms in total. The van der Waals surface area contributed by atoms with Gasteiger partial charge in [-0.2, -0.15) is 0 Å². The normalized spacial score (nSPS) is 13.9. The van der Waals surface area contributed by atoms with Crippen molar-refractivity contribution in [1.29, 1.82) is 0 Å². The molecule has 0 saturated heterocycles. The first-order valence-electron chi connectivity index (χ1n) is 6.03. The third-order valence-electron chi connectivity index (χ3n) is 3.27. The van der Waals surface area contributed by atoms with Crippen LogP contribution in [0.3, 0.4) is 0 Å². The number of aromatic nitrogens is 1. The van der Waals surface area contributed by atoms with Gasteiger partial charge in [-0.05, 0) is 45.8 Å². The van der Waals surface area contributed by atoms with Crippen molar-refractivity contribution in [3.8, 4) is 17.0 Å². The molecule has 0 saturated carbocycles. The summed E-state index contributed by atoms with van der Waals surface area (Å²) in [6.07, 6.45) is 0.846. The fourth-order valence-electron chi connectivity index (χ4n) is 2.28. The van der Waals surface area contributed by atoms with Crippen molar-refractivity contribution in [2.45, 2.75) is 6.42 Å². The van der Waals surface area contributed by atoms with Gasteiger partial charge >= 0.3 is 0 Å². The van der Waals surface area contributed by atoms with Crippen molar-refractivity contribution in [2.24, 2.45) is 0 Å². The predicted molar refractivity (Wildman–Crippen MR) is 76.5 cm³/mol. The maximum absolute atomic E-state index is 11.7. The molecule has 5 heteroatoms. The highest BCUT2D eigenvalue weighted by Crippen LogP contribution is 2.31. The van der Waals surface area contributed by atoms with Crippen molar-refractivity contribution < 1.29 is 9.53 Å². The van der Waals surface area contributed by atoms with Gasteiger partial charge in [0, 0.05) is 24.4 Å². The molecule has 0 aliphatic carbocycles. The van der Waals surface area contributed by atoms with E-state index in [-0.39, 0.29) is 5.91 Å². The third kappa shape index (κ3) is 2.14. The Hall–Kier alpha value is -1.75. The van der Waals surface area contributed by atoms with Crippen LogP contribution >= 0.6 is 15.9 Å². The van der Waals surface area contributed by atoms with Crippen LogP contribution in [0.1, 0.15) is 16.1 Å². The lowest BCUT2D eigenvalue weighted by Crippen LogP contribution is -2.31. The molecular formula is C14H13BrN2O2. The number of hydrogen-bond acceptors (Lipinski definition) is 2. The largest absolute Gasteiger partial charge is 0.496 e. The quantitative estimate of drug-likeness (QED) is 0.894. The molecule has 3 rings (SSSR count).